The molecule has 1 N–H and O–H groups in total. The second-order valence-corrected chi connectivity index (χ2v) is 5.05. The maximum absolute atomic E-state index is 11.1. The summed E-state index contributed by atoms with van der Waals surface area (Å²) in [6.45, 7) is 2.68. The molecule has 0 aliphatic carbocycles. The van der Waals surface area contributed by atoms with Crippen molar-refractivity contribution in [3.8, 4) is 11.3 Å². The first kappa shape index (κ1) is 15.5. The van der Waals surface area contributed by atoms with Crippen molar-refractivity contribution in [2.75, 3.05) is 11.9 Å². The van der Waals surface area contributed by atoms with Crippen LogP contribution in [-0.2, 0) is 0 Å². The lowest BCUT2D eigenvalue weighted by molar-refractivity contribution is -0.384. The van der Waals surface area contributed by atoms with Crippen LogP contribution in [0.15, 0.2) is 24.4 Å². The largest absolute Gasteiger partial charge is 0.354 e. The van der Waals surface area contributed by atoms with Crippen molar-refractivity contribution in [2.45, 2.75) is 13.3 Å². The molecular weight excluding hydrogens is 315 g/mol. The molecule has 0 fully saturated rings. The lowest BCUT2D eigenvalue weighted by atomic mass is 10.1. The van der Waals surface area contributed by atoms with Crippen LogP contribution in [0.3, 0.4) is 0 Å². The van der Waals surface area contributed by atoms with Crippen LogP contribution in [0.4, 0.5) is 11.6 Å². The van der Waals surface area contributed by atoms with Crippen molar-refractivity contribution in [2.24, 2.45) is 0 Å². The summed E-state index contributed by atoms with van der Waals surface area (Å²) >= 11 is 11.8. The average Bonchev–Trinajstić information content (AvgIpc) is 2.47. The zero-order chi connectivity index (χ0) is 15.4. The van der Waals surface area contributed by atoms with Crippen molar-refractivity contribution in [3.63, 3.8) is 0 Å². The molecule has 1 aromatic heterocycles. The first-order chi connectivity index (χ1) is 10.0. The van der Waals surface area contributed by atoms with Crippen LogP contribution < -0.4 is 5.32 Å². The standard InChI is InChI=1S/C13H12Cl2N4O2/c1-2-5-16-13-17-7-11(19(20)21)12(18-13)8-3-4-9(14)10(15)6-8/h3-4,6-7H,2,5H2,1H3,(H,16,17,18). The van der Waals surface area contributed by atoms with E-state index in [0.717, 1.165) is 6.42 Å². The predicted octanol–water partition coefficient (Wildman–Crippen LogP) is 4.18. The molecule has 2 aromatic rings. The molecule has 0 saturated carbocycles. The third kappa shape index (κ3) is 3.59. The highest BCUT2D eigenvalue weighted by Gasteiger charge is 2.19. The van der Waals surface area contributed by atoms with Crippen molar-refractivity contribution in [1.29, 1.82) is 0 Å². The maximum Gasteiger partial charge on any atom is 0.313 e. The van der Waals surface area contributed by atoms with Crippen molar-refractivity contribution >= 4 is 34.8 Å². The van der Waals surface area contributed by atoms with Crippen LogP contribution in [-0.4, -0.2) is 21.4 Å². The van der Waals surface area contributed by atoms with Crippen LogP contribution in [0.5, 0.6) is 0 Å². The van der Waals surface area contributed by atoms with Crippen LogP contribution >= 0.6 is 23.2 Å². The maximum atomic E-state index is 11.1. The Morgan fingerprint density at radius 2 is 2.10 bits per heavy atom. The summed E-state index contributed by atoms with van der Waals surface area (Å²) in [4.78, 5) is 18.7. The highest BCUT2D eigenvalue weighted by Crippen LogP contribution is 2.32. The van der Waals surface area contributed by atoms with E-state index in [2.05, 4.69) is 15.3 Å². The summed E-state index contributed by atoms with van der Waals surface area (Å²) in [6.07, 6.45) is 2.07. The van der Waals surface area contributed by atoms with E-state index in [0.29, 0.717) is 28.1 Å². The smallest absolute Gasteiger partial charge is 0.313 e. The highest BCUT2D eigenvalue weighted by molar-refractivity contribution is 6.42. The number of hydrogen-bond donors (Lipinski definition) is 1. The number of nitrogens with zero attached hydrogens (tertiary/aromatic N) is 3. The summed E-state index contributed by atoms with van der Waals surface area (Å²) < 4.78 is 0. The van der Waals surface area contributed by atoms with Crippen molar-refractivity contribution < 1.29 is 4.92 Å². The van der Waals surface area contributed by atoms with E-state index in [4.69, 9.17) is 23.2 Å². The molecule has 0 radical (unpaired) electrons. The van der Waals surface area contributed by atoms with Gasteiger partial charge in [0.1, 0.15) is 6.20 Å². The third-order valence-corrected chi connectivity index (χ3v) is 3.43. The minimum Gasteiger partial charge on any atom is -0.354 e. The van der Waals surface area contributed by atoms with Gasteiger partial charge in [0.2, 0.25) is 5.95 Å². The van der Waals surface area contributed by atoms with Crippen LogP contribution in [0, 0.1) is 10.1 Å². The molecule has 0 spiro atoms. The van der Waals surface area contributed by atoms with Gasteiger partial charge >= 0.3 is 5.69 Å². The van der Waals surface area contributed by atoms with Gasteiger partial charge in [-0.3, -0.25) is 10.1 Å². The SMILES string of the molecule is CCCNc1ncc([N+](=O)[O-])c(-c2ccc(Cl)c(Cl)c2)n1. The number of nitrogens with one attached hydrogen (secondary N) is 1. The second-order valence-electron chi connectivity index (χ2n) is 4.24. The minimum absolute atomic E-state index is 0.185. The van der Waals surface area contributed by atoms with E-state index in [9.17, 15) is 10.1 Å². The van der Waals surface area contributed by atoms with Crippen molar-refractivity contribution in [1.82, 2.24) is 9.97 Å². The number of halogens is 2. The molecule has 0 saturated heterocycles. The molecule has 0 bridgehead atoms. The molecule has 1 heterocycles. The van der Waals surface area contributed by atoms with E-state index < -0.39 is 4.92 Å². The summed E-state index contributed by atoms with van der Waals surface area (Å²) in [5.74, 6) is 0.337. The van der Waals surface area contributed by atoms with Gasteiger partial charge < -0.3 is 5.32 Å². The quantitative estimate of drug-likeness (QED) is 0.658. The zero-order valence-electron chi connectivity index (χ0n) is 11.1. The lowest BCUT2D eigenvalue weighted by Gasteiger charge is -2.07. The molecule has 6 nitrogen and oxygen atoms in total. The van der Waals surface area contributed by atoms with Gasteiger partial charge in [-0.25, -0.2) is 9.97 Å². The van der Waals surface area contributed by atoms with Gasteiger partial charge in [-0.2, -0.15) is 0 Å². The Hall–Kier alpha value is -1.92. The van der Waals surface area contributed by atoms with Gasteiger partial charge in [0, 0.05) is 12.1 Å². The van der Waals surface area contributed by atoms with Gasteiger partial charge in [-0.05, 0) is 18.6 Å². The number of anilines is 1. The Morgan fingerprint density at radius 1 is 1.33 bits per heavy atom. The first-order valence-corrected chi connectivity index (χ1v) is 6.99. The Bertz CT molecular complexity index is 679. The number of nitro groups is 1. The van der Waals surface area contributed by atoms with Gasteiger partial charge in [-0.1, -0.05) is 36.2 Å². The topological polar surface area (TPSA) is 81.0 Å². The number of rotatable bonds is 5. The highest BCUT2D eigenvalue weighted by atomic mass is 35.5. The van der Waals surface area contributed by atoms with E-state index in [1.54, 1.807) is 18.2 Å². The van der Waals surface area contributed by atoms with Crippen LogP contribution in [0.1, 0.15) is 13.3 Å². The first-order valence-electron chi connectivity index (χ1n) is 6.23. The van der Waals surface area contributed by atoms with Crippen LogP contribution in [0.2, 0.25) is 10.0 Å². The molecule has 0 amide bonds. The zero-order valence-corrected chi connectivity index (χ0v) is 12.6. The molecule has 2 rings (SSSR count). The number of hydrogen-bond acceptors (Lipinski definition) is 5. The Kier molecular flexibility index (Phi) is 4.93. The van der Waals surface area contributed by atoms with E-state index >= 15 is 0 Å². The Balaban J connectivity index is 2.51. The number of benzene rings is 1. The minimum atomic E-state index is -0.526. The summed E-state index contributed by atoms with van der Waals surface area (Å²) in [5, 5.41) is 14.8. The molecule has 110 valence electrons. The molecule has 0 unspecified atom stereocenters. The van der Waals surface area contributed by atoms with E-state index in [1.165, 1.54) is 6.20 Å². The van der Waals surface area contributed by atoms with Gasteiger partial charge in [-0.15, -0.1) is 0 Å². The van der Waals surface area contributed by atoms with E-state index in [-0.39, 0.29) is 11.4 Å². The fourth-order valence-corrected chi connectivity index (χ4v) is 1.99. The van der Waals surface area contributed by atoms with E-state index in [1.807, 2.05) is 6.92 Å². The monoisotopic (exact) mass is 326 g/mol. The molecular formula is C13H12Cl2N4O2. The molecule has 21 heavy (non-hydrogen) atoms. The lowest BCUT2D eigenvalue weighted by Crippen LogP contribution is -2.06. The molecule has 8 heteroatoms. The van der Waals surface area contributed by atoms with Crippen molar-refractivity contribution in [3.05, 3.63) is 44.6 Å². The predicted molar refractivity (Wildman–Crippen MR) is 82.9 cm³/mol. The average molecular weight is 327 g/mol. The van der Waals surface area contributed by atoms with Crippen LogP contribution in [0.25, 0.3) is 11.3 Å². The molecule has 0 aliphatic rings. The van der Waals surface area contributed by atoms with Gasteiger partial charge in [0.25, 0.3) is 0 Å². The molecule has 0 atom stereocenters. The number of aromatic nitrogens is 2. The summed E-state index contributed by atoms with van der Waals surface area (Å²) in [5.41, 5.74) is 0.528. The van der Waals surface area contributed by atoms with Gasteiger partial charge in [0.05, 0.1) is 15.0 Å². The molecule has 1 aromatic carbocycles. The third-order valence-electron chi connectivity index (χ3n) is 2.69. The fraction of sp³-hybridized carbons (Fsp3) is 0.231. The summed E-state index contributed by atoms with van der Waals surface area (Å²) in [7, 11) is 0. The fourth-order valence-electron chi connectivity index (χ4n) is 1.69. The summed E-state index contributed by atoms with van der Waals surface area (Å²) in [6, 6.07) is 4.75. The molecule has 0 aliphatic heterocycles. The second kappa shape index (κ2) is 6.69. The Morgan fingerprint density at radius 3 is 2.71 bits per heavy atom. The van der Waals surface area contributed by atoms with Gasteiger partial charge in [0.15, 0.2) is 5.69 Å². The normalized spacial score (nSPS) is 10.4. The Labute approximate surface area is 131 Å².